The first-order chi connectivity index (χ1) is 12.4. The van der Waals surface area contributed by atoms with Gasteiger partial charge in [-0.15, -0.1) is 0 Å². The Morgan fingerprint density at radius 3 is 1.92 bits per heavy atom. The van der Waals surface area contributed by atoms with Gasteiger partial charge in [-0.25, -0.2) is 4.98 Å². The largest absolute Gasteiger partial charge is 0.328 e. The van der Waals surface area contributed by atoms with Crippen LogP contribution in [0.25, 0.3) is 11.0 Å². The standard InChI is InChI=1S/C23H22N2/c1-3-9-19(10-4-1)15-16-23-24-21-13-7-8-14-22(21)25(23)18-17-20-11-5-2-6-12-20/h1-14H,15-18H2. The van der Waals surface area contributed by atoms with Crippen molar-refractivity contribution in [3.8, 4) is 0 Å². The average molecular weight is 326 g/mol. The van der Waals surface area contributed by atoms with Gasteiger partial charge in [0.2, 0.25) is 0 Å². The fourth-order valence-electron chi connectivity index (χ4n) is 3.35. The quantitative estimate of drug-likeness (QED) is 0.484. The van der Waals surface area contributed by atoms with Crippen LogP contribution in [-0.2, 0) is 25.8 Å². The van der Waals surface area contributed by atoms with E-state index >= 15 is 0 Å². The van der Waals surface area contributed by atoms with E-state index in [0.29, 0.717) is 0 Å². The third-order valence-electron chi connectivity index (χ3n) is 4.68. The molecule has 0 bridgehead atoms. The molecule has 0 saturated carbocycles. The van der Waals surface area contributed by atoms with E-state index in [9.17, 15) is 0 Å². The molecule has 0 aliphatic carbocycles. The molecule has 0 aliphatic rings. The Hall–Kier alpha value is -2.87. The summed E-state index contributed by atoms with van der Waals surface area (Å²) in [6.45, 7) is 0.967. The number of nitrogens with zero attached hydrogens (tertiary/aromatic N) is 2. The summed E-state index contributed by atoms with van der Waals surface area (Å²) in [7, 11) is 0. The van der Waals surface area contributed by atoms with E-state index in [0.717, 1.165) is 31.3 Å². The lowest BCUT2D eigenvalue weighted by atomic mass is 10.1. The summed E-state index contributed by atoms with van der Waals surface area (Å²) in [4.78, 5) is 4.90. The van der Waals surface area contributed by atoms with Crippen molar-refractivity contribution < 1.29 is 0 Å². The van der Waals surface area contributed by atoms with Crippen LogP contribution < -0.4 is 0 Å². The summed E-state index contributed by atoms with van der Waals surface area (Å²) < 4.78 is 2.39. The number of benzene rings is 3. The van der Waals surface area contributed by atoms with Crippen molar-refractivity contribution >= 4 is 11.0 Å². The highest BCUT2D eigenvalue weighted by atomic mass is 15.1. The monoisotopic (exact) mass is 326 g/mol. The number of hydrogen-bond acceptors (Lipinski definition) is 1. The molecule has 3 aromatic carbocycles. The maximum absolute atomic E-state index is 4.90. The summed E-state index contributed by atoms with van der Waals surface area (Å²) in [5, 5.41) is 0. The second-order valence-corrected chi connectivity index (χ2v) is 6.39. The van der Waals surface area contributed by atoms with Gasteiger partial charge >= 0.3 is 0 Å². The maximum Gasteiger partial charge on any atom is 0.110 e. The van der Waals surface area contributed by atoms with E-state index in [-0.39, 0.29) is 0 Å². The molecule has 0 N–H and O–H groups in total. The Labute approximate surface area is 148 Å². The number of rotatable bonds is 6. The molecule has 25 heavy (non-hydrogen) atoms. The first-order valence-electron chi connectivity index (χ1n) is 8.92. The highest BCUT2D eigenvalue weighted by molar-refractivity contribution is 5.75. The summed E-state index contributed by atoms with van der Waals surface area (Å²) in [6, 6.07) is 29.8. The Balaban J connectivity index is 1.59. The van der Waals surface area contributed by atoms with Crippen LogP contribution in [0.2, 0.25) is 0 Å². The van der Waals surface area contributed by atoms with Gasteiger partial charge in [0.25, 0.3) is 0 Å². The summed E-state index contributed by atoms with van der Waals surface area (Å²) in [6.07, 6.45) is 3.02. The molecule has 0 saturated heterocycles. The van der Waals surface area contributed by atoms with E-state index in [1.54, 1.807) is 0 Å². The van der Waals surface area contributed by atoms with Gasteiger partial charge in [0, 0.05) is 13.0 Å². The molecular weight excluding hydrogens is 304 g/mol. The molecule has 4 rings (SSSR count). The molecule has 1 aromatic heterocycles. The number of imidazole rings is 1. The van der Waals surface area contributed by atoms with Gasteiger partial charge in [-0.1, -0.05) is 72.8 Å². The van der Waals surface area contributed by atoms with Crippen LogP contribution in [-0.4, -0.2) is 9.55 Å². The first-order valence-corrected chi connectivity index (χ1v) is 8.92. The topological polar surface area (TPSA) is 17.8 Å². The molecule has 1 heterocycles. The fraction of sp³-hybridized carbons (Fsp3) is 0.174. The Morgan fingerprint density at radius 1 is 0.600 bits per heavy atom. The van der Waals surface area contributed by atoms with E-state index < -0.39 is 0 Å². The van der Waals surface area contributed by atoms with Crippen molar-refractivity contribution in [3.05, 3.63) is 102 Å². The van der Waals surface area contributed by atoms with Gasteiger partial charge < -0.3 is 4.57 Å². The average Bonchev–Trinajstić information content (AvgIpc) is 3.04. The molecule has 0 unspecified atom stereocenters. The normalized spacial score (nSPS) is 11.0. The summed E-state index contributed by atoms with van der Waals surface area (Å²) in [5.74, 6) is 1.18. The van der Waals surface area contributed by atoms with Gasteiger partial charge in [-0.05, 0) is 36.1 Å². The highest BCUT2D eigenvalue weighted by Gasteiger charge is 2.10. The number of aryl methyl sites for hydroxylation is 4. The van der Waals surface area contributed by atoms with Gasteiger partial charge in [-0.2, -0.15) is 0 Å². The number of fused-ring (bicyclic) bond motifs is 1. The minimum atomic E-state index is 0.966. The molecule has 0 amide bonds. The zero-order valence-electron chi connectivity index (χ0n) is 14.3. The Kier molecular flexibility index (Phi) is 4.60. The van der Waals surface area contributed by atoms with Crippen LogP contribution in [0.15, 0.2) is 84.9 Å². The Bertz CT molecular complexity index is 940. The highest BCUT2D eigenvalue weighted by Crippen LogP contribution is 2.18. The van der Waals surface area contributed by atoms with E-state index in [1.165, 1.54) is 22.5 Å². The second-order valence-electron chi connectivity index (χ2n) is 6.39. The van der Waals surface area contributed by atoms with Crippen LogP contribution >= 0.6 is 0 Å². The van der Waals surface area contributed by atoms with Crippen molar-refractivity contribution in [3.63, 3.8) is 0 Å². The van der Waals surface area contributed by atoms with E-state index in [4.69, 9.17) is 4.98 Å². The van der Waals surface area contributed by atoms with Crippen LogP contribution in [0.3, 0.4) is 0 Å². The number of hydrogen-bond donors (Lipinski definition) is 0. The molecule has 2 nitrogen and oxygen atoms in total. The molecule has 0 atom stereocenters. The van der Waals surface area contributed by atoms with Crippen molar-refractivity contribution in [2.24, 2.45) is 0 Å². The van der Waals surface area contributed by atoms with Gasteiger partial charge in [0.15, 0.2) is 0 Å². The first kappa shape index (κ1) is 15.6. The minimum Gasteiger partial charge on any atom is -0.328 e. The molecule has 0 radical (unpaired) electrons. The van der Waals surface area contributed by atoms with Crippen molar-refractivity contribution in [1.82, 2.24) is 9.55 Å². The molecule has 0 spiro atoms. The van der Waals surface area contributed by atoms with E-state index in [2.05, 4.69) is 89.5 Å². The molecule has 0 fully saturated rings. The third kappa shape index (κ3) is 3.63. The van der Waals surface area contributed by atoms with Crippen LogP contribution in [0.4, 0.5) is 0 Å². The van der Waals surface area contributed by atoms with E-state index in [1.807, 2.05) is 0 Å². The van der Waals surface area contributed by atoms with Crippen LogP contribution in [0.1, 0.15) is 17.0 Å². The number of para-hydroxylation sites is 2. The molecule has 2 heteroatoms. The van der Waals surface area contributed by atoms with Crippen molar-refractivity contribution in [2.45, 2.75) is 25.8 Å². The van der Waals surface area contributed by atoms with Crippen LogP contribution in [0.5, 0.6) is 0 Å². The minimum absolute atomic E-state index is 0.966. The third-order valence-corrected chi connectivity index (χ3v) is 4.68. The van der Waals surface area contributed by atoms with Gasteiger partial charge in [0.05, 0.1) is 11.0 Å². The smallest absolute Gasteiger partial charge is 0.110 e. The molecule has 0 aliphatic heterocycles. The molecule has 4 aromatic rings. The Morgan fingerprint density at radius 2 is 1.20 bits per heavy atom. The lowest BCUT2D eigenvalue weighted by molar-refractivity contribution is 0.662. The predicted octanol–water partition coefficient (Wildman–Crippen LogP) is 5.06. The second kappa shape index (κ2) is 7.35. The van der Waals surface area contributed by atoms with Crippen molar-refractivity contribution in [2.75, 3.05) is 0 Å². The predicted molar refractivity (Wildman–Crippen MR) is 104 cm³/mol. The van der Waals surface area contributed by atoms with Gasteiger partial charge in [-0.3, -0.25) is 0 Å². The maximum atomic E-state index is 4.90. The summed E-state index contributed by atoms with van der Waals surface area (Å²) in [5.41, 5.74) is 5.07. The molecular formula is C23H22N2. The fourth-order valence-corrected chi connectivity index (χ4v) is 3.35. The van der Waals surface area contributed by atoms with Gasteiger partial charge in [0.1, 0.15) is 5.82 Å². The van der Waals surface area contributed by atoms with Crippen LogP contribution in [0, 0.1) is 0 Å². The lowest BCUT2D eigenvalue weighted by Gasteiger charge is -2.10. The molecule has 124 valence electrons. The lowest BCUT2D eigenvalue weighted by Crippen LogP contribution is -2.07. The summed E-state index contributed by atoms with van der Waals surface area (Å²) >= 11 is 0. The number of aromatic nitrogens is 2. The van der Waals surface area contributed by atoms with Crippen molar-refractivity contribution in [1.29, 1.82) is 0 Å². The zero-order chi connectivity index (χ0) is 16.9. The SMILES string of the molecule is c1ccc(CCc2nc3ccccc3n2CCc2ccccc2)cc1. The zero-order valence-corrected chi connectivity index (χ0v) is 14.3.